The lowest BCUT2D eigenvalue weighted by Crippen LogP contribution is -1.87. The second-order valence-corrected chi connectivity index (χ2v) is 10.2. The van der Waals surface area contributed by atoms with Crippen LogP contribution in [0.15, 0.2) is 146 Å². The molecule has 0 heterocycles. The molecule has 8 rings (SSSR count). The summed E-state index contributed by atoms with van der Waals surface area (Å²) in [5.41, 5.74) is 4.96. The standard InChI is InChI=1S/C38H24/c1-2-10-27-22-30(17-16-25(27)8-1)28-11-7-12-29(23-28)31-19-21-36-37(24-31)34-15-6-5-14-33(34)35-20-18-26-9-3-4-13-32(26)38(35)36/h1-24H. The van der Waals surface area contributed by atoms with Gasteiger partial charge in [0.2, 0.25) is 0 Å². The molecule has 0 heteroatoms. The monoisotopic (exact) mass is 480 g/mol. The van der Waals surface area contributed by atoms with Crippen molar-refractivity contribution in [1.82, 2.24) is 0 Å². The smallest absolute Gasteiger partial charge is 0.00204 e. The van der Waals surface area contributed by atoms with Crippen molar-refractivity contribution in [3.05, 3.63) is 146 Å². The average Bonchev–Trinajstić information content (AvgIpc) is 3.00. The SMILES string of the molecule is c1cc(-c2ccc3ccccc3c2)cc(-c2ccc3c(c2)c2ccccc2c2ccc4ccccc4c23)c1. The summed E-state index contributed by atoms with van der Waals surface area (Å²) in [7, 11) is 0. The van der Waals surface area contributed by atoms with Crippen molar-refractivity contribution < 1.29 is 0 Å². The Morgan fingerprint density at radius 2 is 0.763 bits per heavy atom. The lowest BCUT2D eigenvalue weighted by Gasteiger charge is -2.14. The lowest BCUT2D eigenvalue weighted by atomic mass is 9.89. The van der Waals surface area contributed by atoms with Crippen LogP contribution in [0.3, 0.4) is 0 Å². The van der Waals surface area contributed by atoms with E-state index in [2.05, 4.69) is 146 Å². The van der Waals surface area contributed by atoms with Crippen LogP contribution in [0.2, 0.25) is 0 Å². The fraction of sp³-hybridized carbons (Fsp3) is 0. The Morgan fingerprint density at radius 1 is 0.237 bits per heavy atom. The molecule has 0 aliphatic rings. The molecule has 0 aliphatic heterocycles. The second-order valence-electron chi connectivity index (χ2n) is 10.2. The minimum Gasteiger partial charge on any atom is -0.0616 e. The molecular weight excluding hydrogens is 456 g/mol. The predicted octanol–water partition coefficient (Wildman–Crippen LogP) is 10.8. The molecule has 8 aromatic rings. The third kappa shape index (κ3) is 3.24. The Kier molecular flexibility index (Phi) is 4.62. The normalized spacial score (nSPS) is 11.7. The van der Waals surface area contributed by atoms with Crippen molar-refractivity contribution in [2.45, 2.75) is 0 Å². The van der Waals surface area contributed by atoms with Crippen LogP contribution in [0.25, 0.3) is 76.1 Å². The zero-order valence-corrected chi connectivity index (χ0v) is 20.9. The first kappa shape index (κ1) is 21.2. The van der Waals surface area contributed by atoms with E-state index in [1.807, 2.05) is 0 Å². The molecule has 0 spiro atoms. The van der Waals surface area contributed by atoms with Crippen molar-refractivity contribution in [2.75, 3.05) is 0 Å². The third-order valence-electron chi connectivity index (χ3n) is 8.00. The zero-order chi connectivity index (χ0) is 25.1. The second kappa shape index (κ2) is 8.30. The summed E-state index contributed by atoms with van der Waals surface area (Å²) in [5, 5.41) is 13.0. The molecule has 0 nitrogen and oxygen atoms in total. The molecule has 176 valence electrons. The number of fused-ring (bicyclic) bond motifs is 9. The van der Waals surface area contributed by atoms with Gasteiger partial charge in [0.15, 0.2) is 0 Å². The summed E-state index contributed by atoms with van der Waals surface area (Å²) >= 11 is 0. The Labute approximate surface area is 221 Å². The van der Waals surface area contributed by atoms with Crippen LogP contribution in [-0.4, -0.2) is 0 Å². The molecule has 0 amide bonds. The van der Waals surface area contributed by atoms with E-state index in [0.717, 1.165) is 0 Å². The molecule has 8 aromatic carbocycles. The van der Waals surface area contributed by atoms with Crippen LogP contribution in [0, 0.1) is 0 Å². The van der Waals surface area contributed by atoms with Crippen LogP contribution in [0.5, 0.6) is 0 Å². The lowest BCUT2D eigenvalue weighted by molar-refractivity contribution is 1.62. The summed E-state index contributed by atoms with van der Waals surface area (Å²) < 4.78 is 0. The highest BCUT2D eigenvalue weighted by Crippen LogP contribution is 2.40. The maximum atomic E-state index is 2.39. The summed E-state index contributed by atoms with van der Waals surface area (Å²) in [6.07, 6.45) is 0. The highest BCUT2D eigenvalue weighted by Gasteiger charge is 2.12. The fourth-order valence-electron chi connectivity index (χ4n) is 6.15. The zero-order valence-electron chi connectivity index (χ0n) is 20.9. The van der Waals surface area contributed by atoms with Gasteiger partial charge in [-0.1, -0.05) is 127 Å². The van der Waals surface area contributed by atoms with Gasteiger partial charge in [-0.05, 0) is 94.3 Å². The number of benzene rings is 8. The molecule has 0 saturated heterocycles. The number of hydrogen-bond donors (Lipinski definition) is 0. The molecule has 0 fully saturated rings. The topological polar surface area (TPSA) is 0 Å². The van der Waals surface area contributed by atoms with E-state index in [-0.39, 0.29) is 0 Å². The molecule has 0 atom stereocenters. The Bertz CT molecular complexity index is 2180. The van der Waals surface area contributed by atoms with Crippen molar-refractivity contribution in [1.29, 1.82) is 0 Å². The van der Waals surface area contributed by atoms with Crippen molar-refractivity contribution >= 4 is 53.9 Å². The molecule has 0 aliphatic carbocycles. The molecule has 0 radical (unpaired) electrons. The molecule has 0 N–H and O–H groups in total. The van der Waals surface area contributed by atoms with Crippen LogP contribution < -0.4 is 0 Å². The van der Waals surface area contributed by atoms with Gasteiger partial charge >= 0.3 is 0 Å². The van der Waals surface area contributed by atoms with Gasteiger partial charge in [-0.25, -0.2) is 0 Å². The first-order chi connectivity index (χ1) is 18.8. The van der Waals surface area contributed by atoms with E-state index in [1.165, 1.54) is 76.1 Å². The van der Waals surface area contributed by atoms with Gasteiger partial charge < -0.3 is 0 Å². The average molecular weight is 481 g/mol. The van der Waals surface area contributed by atoms with E-state index in [9.17, 15) is 0 Å². The third-order valence-corrected chi connectivity index (χ3v) is 8.00. The van der Waals surface area contributed by atoms with Gasteiger partial charge in [-0.3, -0.25) is 0 Å². The Hall–Kier alpha value is -4.94. The molecule has 38 heavy (non-hydrogen) atoms. The van der Waals surface area contributed by atoms with Gasteiger partial charge in [-0.15, -0.1) is 0 Å². The van der Waals surface area contributed by atoms with Crippen molar-refractivity contribution in [2.24, 2.45) is 0 Å². The Balaban J connectivity index is 1.37. The highest BCUT2D eigenvalue weighted by molar-refractivity contribution is 6.31. The predicted molar refractivity (Wildman–Crippen MR) is 165 cm³/mol. The maximum absolute atomic E-state index is 2.39. The van der Waals surface area contributed by atoms with E-state index in [0.29, 0.717) is 0 Å². The van der Waals surface area contributed by atoms with Crippen molar-refractivity contribution in [3.63, 3.8) is 0 Å². The van der Waals surface area contributed by atoms with E-state index >= 15 is 0 Å². The molecule has 0 saturated carbocycles. The summed E-state index contributed by atoms with van der Waals surface area (Å²) in [6.45, 7) is 0. The quantitative estimate of drug-likeness (QED) is 0.216. The highest BCUT2D eigenvalue weighted by atomic mass is 14.2. The van der Waals surface area contributed by atoms with Crippen molar-refractivity contribution in [3.8, 4) is 22.3 Å². The maximum Gasteiger partial charge on any atom is -0.00204 e. The van der Waals surface area contributed by atoms with Gasteiger partial charge in [0.05, 0.1) is 0 Å². The number of hydrogen-bond acceptors (Lipinski definition) is 0. The largest absolute Gasteiger partial charge is 0.0616 e. The van der Waals surface area contributed by atoms with Gasteiger partial charge in [0.1, 0.15) is 0 Å². The molecule has 0 unspecified atom stereocenters. The Morgan fingerprint density at radius 3 is 1.58 bits per heavy atom. The van der Waals surface area contributed by atoms with E-state index in [4.69, 9.17) is 0 Å². The first-order valence-electron chi connectivity index (χ1n) is 13.2. The van der Waals surface area contributed by atoms with Gasteiger partial charge in [-0.2, -0.15) is 0 Å². The first-order valence-corrected chi connectivity index (χ1v) is 13.2. The van der Waals surface area contributed by atoms with E-state index in [1.54, 1.807) is 0 Å². The van der Waals surface area contributed by atoms with Gasteiger partial charge in [0, 0.05) is 0 Å². The summed E-state index contributed by atoms with van der Waals surface area (Å²) in [4.78, 5) is 0. The van der Waals surface area contributed by atoms with Crippen LogP contribution in [0.4, 0.5) is 0 Å². The summed E-state index contributed by atoms with van der Waals surface area (Å²) in [5.74, 6) is 0. The van der Waals surface area contributed by atoms with Crippen LogP contribution in [0.1, 0.15) is 0 Å². The van der Waals surface area contributed by atoms with E-state index < -0.39 is 0 Å². The van der Waals surface area contributed by atoms with Crippen LogP contribution >= 0.6 is 0 Å². The summed E-state index contributed by atoms with van der Waals surface area (Å²) in [6, 6.07) is 53.4. The van der Waals surface area contributed by atoms with Gasteiger partial charge in [0.25, 0.3) is 0 Å². The minimum absolute atomic E-state index is 1.24. The minimum atomic E-state index is 1.24. The molecule has 0 bridgehead atoms. The number of rotatable bonds is 2. The molecule has 0 aromatic heterocycles. The fourth-order valence-corrected chi connectivity index (χ4v) is 6.15. The van der Waals surface area contributed by atoms with Crippen LogP contribution in [-0.2, 0) is 0 Å². The molecular formula is C38H24.